The van der Waals surface area contributed by atoms with Crippen LogP contribution < -0.4 is 0 Å². The molecule has 3 rings (SSSR count). The highest BCUT2D eigenvalue weighted by Crippen LogP contribution is 2.21. The number of hydrogen-bond donors (Lipinski definition) is 0. The minimum Gasteiger partial charge on any atom is -0.458 e. The fourth-order valence-electron chi connectivity index (χ4n) is 2.70. The molecule has 0 aliphatic rings. The Labute approximate surface area is 154 Å². The van der Waals surface area contributed by atoms with Crippen LogP contribution in [0, 0.1) is 11.6 Å². The Morgan fingerprint density at radius 1 is 1.07 bits per heavy atom. The van der Waals surface area contributed by atoms with Crippen molar-refractivity contribution >= 4 is 22.7 Å². The third kappa shape index (κ3) is 4.53. The van der Waals surface area contributed by atoms with Gasteiger partial charge in [0.15, 0.2) is 5.78 Å². The second-order valence-corrected chi connectivity index (χ2v) is 6.14. The number of benzene rings is 2. The highest BCUT2D eigenvalue weighted by Gasteiger charge is 2.17. The molecule has 0 fully saturated rings. The molecule has 0 radical (unpaired) electrons. The van der Waals surface area contributed by atoms with Gasteiger partial charge in [-0.05, 0) is 31.2 Å². The van der Waals surface area contributed by atoms with E-state index in [1.54, 1.807) is 13.1 Å². The fourth-order valence-corrected chi connectivity index (χ4v) is 2.70. The first-order chi connectivity index (χ1) is 12.9. The largest absolute Gasteiger partial charge is 0.458 e. The molecule has 138 valence electrons. The highest BCUT2D eigenvalue weighted by molar-refractivity contribution is 5.97. The number of ether oxygens (including phenoxy) is 1. The molecule has 1 heterocycles. The molecule has 1 unspecified atom stereocenters. The maximum Gasteiger partial charge on any atom is 0.306 e. The van der Waals surface area contributed by atoms with E-state index >= 15 is 0 Å². The van der Waals surface area contributed by atoms with E-state index in [-0.39, 0.29) is 18.4 Å². The molecular weight excluding hydrogens is 352 g/mol. The van der Waals surface area contributed by atoms with Crippen LogP contribution >= 0.6 is 0 Å². The Bertz CT molecular complexity index is 1000. The average molecular weight is 369 g/mol. The first-order valence-electron chi connectivity index (χ1n) is 8.46. The number of rotatable bonds is 6. The molecule has 1 atom stereocenters. The molecule has 0 aliphatic carbocycles. The first kappa shape index (κ1) is 18.6. The van der Waals surface area contributed by atoms with Gasteiger partial charge in [-0.3, -0.25) is 14.6 Å². The van der Waals surface area contributed by atoms with Crippen LogP contribution in [-0.2, 0) is 9.53 Å². The summed E-state index contributed by atoms with van der Waals surface area (Å²) in [6, 6.07) is 12.2. The molecule has 3 aromatic rings. The number of nitrogens with zero attached hydrogens (tertiary/aromatic N) is 1. The zero-order chi connectivity index (χ0) is 19.4. The molecule has 0 N–H and O–H groups in total. The number of hydrogen-bond acceptors (Lipinski definition) is 4. The second-order valence-electron chi connectivity index (χ2n) is 6.14. The summed E-state index contributed by atoms with van der Waals surface area (Å²) < 4.78 is 31.8. The van der Waals surface area contributed by atoms with Crippen molar-refractivity contribution in [1.82, 2.24) is 4.98 Å². The number of carbonyl (C=O) groups is 2. The molecule has 0 amide bonds. The number of Topliss-reactive ketones (excluding diaryl/α,β-unsaturated/α-hetero) is 1. The van der Waals surface area contributed by atoms with Crippen molar-refractivity contribution in [3.05, 3.63) is 77.5 Å². The van der Waals surface area contributed by atoms with Crippen molar-refractivity contribution in [2.24, 2.45) is 0 Å². The van der Waals surface area contributed by atoms with Gasteiger partial charge in [0.2, 0.25) is 0 Å². The van der Waals surface area contributed by atoms with Gasteiger partial charge in [-0.15, -0.1) is 0 Å². The number of para-hydroxylation sites is 1. The molecule has 4 nitrogen and oxygen atoms in total. The summed E-state index contributed by atoms with van der Waals surface area (Å²) in [5.41, 5.74) is 1.33. The average Bonchev–Trinajstić information content (AvgIpc) is 2.65. The van der Waals surface area contributed by atoms with Gasteiger partial charge in [-0.25, -0.2) is 8.78 Å². The van der Waals surface area contributed by atoms with E-state index < -0.39 is 29.5 Å². The third-order valence-corrected chi connectivity index (χ3v) is 4.18. The summed E-state index contributed by atoms with van der Waals surface area (Å²) >= 11 is 0. The van der Waals surface area contributed by atoms with E-state index in [0.717, 1.165) is 28.6 Å². The van der Waals surface area contributed by atoms with E-state index in [9.17, 15) is 18.4 Å². The second kappa shape index (κ2) is 8.03. The Balaban J connectivity index is 1.58. The van der Waals surface area contributed by atoms with Gasteiger partial charge in [0.25, 0.3) is 0 Å². The van der Waals surface area contributed by atoms with Crippen LogP contribution in [0.4, 0.5) is 8.78 Å². The zero-order valence-electron chi connectivity index (χ0n) is 14.6. The predicted molar refractivity (Wildman–Crippen MR) is 96.2 cm³/mol. The Hall–Kier alpha value is -3.15. The highest BCUT2D eigenvalue weighted by atomic mass is 19.1. The lowest BCUT2D eigenvalue weighted by Crippen LogP contribution is -2.12. The van der Waals surface area contributed by atoms with Gasteiger partial charge in [0, 0.05) is 29.6 Å². The normalized spacial score (nSPS) is 12.0. The standard InChI is InChI=1S/C21H17F2NO3/c1-13(15-10-14-4-2-3-5-19(14)24-12-15)27-21(26)9-8-20(25)17-7-6-16(22)11-18(17)23/h2-7,10-13H,8-9H2,1H3. The van der Waals surface area contributed by atoms with Crippen molar-refractivity contribution < 1.29 is 23.1 Å². The van der Waals surface area contributed by atoms with Gasteiger partial charge < -0.3 is 4.74 Å². The maximum atomic E-state index is 13.6. The first-order valence-corrected chi connectivity index (χ1v) is 8.46. The zero-order valence-corrected chi connectivity index (χ0v) is 14.6. The van der Waals surface area contributed by atoms with Crippen LogP contribution in [0.1, 0.15) is 41.8 Å². The minimum absolute atomic E-state index is 0.193. The van der Waals surface area contributed by atoms with E-state index in [0.29, 0.717) is 6.07 Å². The molecule has 1 aromatic heterocycles. The lowest BCUT2D eigenvalue weighted by atomic mass is 10.1. The van der Waals surface area contributed by atoms with Crippen LogP contribution in [0.3, 0.4) is 0 Å². The van der Waals surface area contributed by atoms with Crippen LogP contribution in [0.25, 0.3) is 10.9 Å². The summed E-state index contributed by atoms with van der Waals surface area (Å²) in [7, 11) is 0. The Morgan fingerprint density at radius 2 is 1.85 bits per heavy atom. The maximum absolute atomic E-state index is 13.6. The quantitative estimate of drug-likeness (QED) is 0.463. The number of esters is 1. The van der Waals surface area contributed by atoms with E-state index in [2.05, 4.69) is 4.98 Å². The molecule has 2 aromatic carbocycles. The number of ketones is 1. The lowest BCUT2D eigenvalue weighted by Gasteiger charge is -2.14. The summed E-state index contributed by atoms with van der Waals surface area (Å²) in [6.07, 6.45) is 0.692. The number of halogens is 2. The number of pyridine rings is 1. The summed E-state index contributed by atoms with van der Waals surface area (Å²) in [5.74, 6) is -2.86. The molecule has 0 aliphatic heterocycles. The molecule has 6 heteroatoms. The molecule has 0 saturated carbocycles. The Morgan fingerprint density at radius 3 is 2.63 bits per heavy atom. The molecule has 0 bridgehead atoms. The van der Waals surface area contributed by atoms with Crippen molar-refractivity contribution in [3.63, 3.8) is 0 Å². The smallest absolute Gasteiger partial charge is 0.306 e. The summed E-state index contributed by atoms with van der Waals surface area (Å²) in [5, 5.41) is 0.930. The fraction of sp³-hybridized carbons (Fsp3) is 0.190. The van der Waals surface area contributed by atoms with Crippen LogP contribution in [-0.4, -0.2) is 16.7 Å². The third-order valence-electron chi connectivity index (χ3n) is 4.18. The summed E-state index contributed by atoms with van der Waals surface area (Å²) in [6.45, 7) is 1.71. The number of fused-ring (bicyclic) bond motifs is 1. The molecule has 0 spiro atoms. The van der Waals surface area contributed by atoms with E-state index in [4.69, 9.17) is 4.74 Å². The van der Waals surface area contributed by atoms with Gasteiger partial charge >= 0.3 is 5.97 Å². The topological polar surface area (TPSA) is 56.3 Å². The van der Waals surface area contributed by atoms with Crippen molar-refractivity contribution in [2.45, 2.75) is 25.9 Å². The monoisotopic (exact) mass is 369 g/mol. The van der Waals surface area contributed by atoms with Gasteiger partial charge in [0.05, 0.1) is 17.5 Å². The van der Waals surface area contributed by atoms with Gasteiger partial charge in [0.1, 0.15) is 17.7 Å². The lowest BCUT2D eigenvalue weighted by molar-refractivity contribution is -0.148. The molecule has 0 saturated heterocycles. The molecule has 27 heavy (non-hydrogen) atoms. The van der Waals surface area contributed by atoms with Crippen LogP contribution in [0.15, 0.2) is 54.7 Å². The number of aromatic nitrogens is 1. The van der Waals surface area contributed by atoms with Crippen LogP contribution in [0.2, 0.25) is 0 Å². The minimum atomic E-state index is -0.941. The van der Waals surface area contributed by atoms with Crippen molar-refractivity contribution in [2.75, 3.05) is 0 Å². The van der Waals surface area contributed by atoms with E-state index in [1.165, 1.54) is 0 Å². The Kier molecular flexibility index (Phi) is 5.54. The van der Waals surface area contributed by atoms with E-state index in [1.807, 2.05) is 30.3 Å². The predicted octanol–water partition coefficient (Wildman–Crippen LogP) is 4.78. The van der Waals surface area contributed by atoms with Gasteiger partial charge in [-0.2, -0.15) is 0 Å². The van der Waals surface area contributed by atoms with Crippen molar-refractivity contribution in [1.29, 1.82) is 0 Å². The van der Waals surface area contributed by atoms with Gasteiger partial charge in [-0.1, -0.05) is 18.2 Å². The SMILES string of the molecule is CC(OC(=O)CCC(=O)c1ccc(F)cc1F)c1cnc2ccccc2c1. The number of carbonyl (C=O) groups excluding carboxylic acids is 2. The van der Waals surface area contributed by atoms with Crippen molar-refractivity contribution in [3.8, 4) is 0 Å². The van der Waals surface area contributed by atoms with Crippen LogP contribution in [0.5, 0.6) is 0 Å². The molecular formula is C21H17F2NO3. The summed E-state index contributed by atoms with van der Waals surface area (Å²) in [4.78, 5) is 28.3.